The quantitative estimate of drug-likeness (QED) is 0.639. The van der Waals surface area contributed by atoms with Crippen molar-refractivity contribution in [2.24, 2.45) is 5.92 Å². The Morgan fingerprint density at radius 2 is 2.00 bits per heavy atom. The van der Waals surface area contributed by atoms with Crippen molar-refractivity contribution in [3.63, 3.8) is 0 Å². The molecule has 0 aliphatic rings. The van der Waals surface area contributed by atoms with Gasteiger partial charge in [-0.3, -0.25) is 0 Å². The Morgan fingerprint density at radius 1 is 1.36 bits per heavy atom. The SMILES string of the molecule is CC(=O)Nc1cc(O)ccc1[As](=O)(O)OC(=O)CCC(C)C. The van der Waals surface area contributed by atoms with Gasteiger partial charge in [0.1, 0.15) is 0 Å². The molecule has 0 aliphatic heterocycles. The van der Waals surface area contributed by atoms with E-state index in [4.69, 9.17) is 3.73 Å². The maximum absolute atomic E-state index is 12.3. The molecule has 7 nitrogen and oxygen atoms in total. The Morgan fingerprint density at radius 3 is 2.55 bits per heavy atom. The van der Waals surface area contributed by atoms with Crippen molar-refractivity contribution in [3.8, 4) is 5.75 Å². The third kappa shape index (κ3) is 5.58. The Hall–Kier alpha value is -1.72. The van der Waals surface area contributed by atoms with Gasteiger partial charge in [0.25, 0.3) is 0 Å². The first kappa shape index (κ1) is 18.3. The van der Waals surface area contributed by atoms with E-state index in [0.29, 0.717) is 6.42 Å². The summed E-state index contributed by atoms with van der Waals surface area (Å²) in [7, 11) is 0. The first-order valence-corrected chi connectivity index (χ1v) is 10.1. The van der Waals surface area contributed by atoms with Gasteiger partial charge in [-0.2, -0.15) is 0 Å². The Bertz CT molecular complexity index is 613. The summed E-state index contributed by atoms with van der Waals surface area (Å²) < 4.78 is 26.9. The Balaban J connectivity index is 2.99. The fourth-order valence-corrected chi connectivity index (χ4v) is 4.12. The summed E-state index contributed by atoms with van der Waals surface area (Å²) in [6, 6.07) is 3.48. The molecule has 1 atom stereocenters. The summed E-state index contributed by atoms with van der Waals surface area (Å²) >= 11 is -5.16. The average molecular weight is 373 g/mol. The van der Waals surface area contributed by atoms with E-state index < -0.39 is 26.0 Å². The minimum absolute atomic E-state index is 0.0388. The van der Waals surface area contributed by atoms with Crippen molar-refractivity contribution in [2.75, 3.05) is 5.32 Å². The minimum atomic E-state index is -5.16. The van der Waals surface area contributed by atoms with Gasteiger partial charge in [-0.25, -0.2) is 0 Å². The molecule has 0 radical (unpaired) electrons. The Labute approximate surface area is 131 Å². The van der Waals surface area contributed by atoms with Gasteiger partial charge in [0.15, 0.2) is 0 Å². The molecule has 8 heteroatoms. The average Bonchev–Trinajstić information content (AvgIpc) is 2.34. The predicted molar refractivity (Wildman–Crippen MR) is 80.9 cm³/mol. The normalized spacial score (nSPS) is 13.5. The van der Waals surface area contributed by atoms with Crippen molar-refractivity contribution < 1.29 is 26.3 Å². The van der Waals surface area contributed by atoms with E-state index >= 15 is 0 Å². The van der Waals surface area contributed by atoms with Crippen LogP contribution in [0.4, 0.5) is 5.69 Å². The molecule has 1 aromatic rings. The van der Waals surface area contributed by atoms with Crippen molar-refractivity contribution in [3.05, 3.63) is 18.2 Å². The molecule has 22 heavy (non-hydrogen) atoms. The van der Waals surface area contributed by atoms with E-state index in [1.807, 2.05) is 13.8 Å². The topological polar surface area (TPSA) is 113 Å². The van der Waals surface area contributed by atoms with Gasteiger partial charge in [0, 0.05) is 0 Å². The molecule has 1 unspecified atom stereocenters. The molecule has 0 bridgehead atoms. The second-order valence-electron chi connectivity index (χ2n) is 5.30. The van der Waals surface area contributed by atoms with E-state index in [-0.39, 0.29) is 28.1 Å². The van der Waals surface area contributed by atoms with E-state index in [0.717, 1.165) is 12.1 Å². The zero-order chi connectivity index (χ0) is 16.9. The van der Waals surface area contributed by atoms with Gasteiger partial charge in [-0.15, -0.1) is 0 Å². The van der Waals surface area contributed by atoms with Gasteiger partial charge in [-0.05, 0) is 0 Å². The third-order valence-corrected chi connectivity index (χ3v) is 5.79. The summed E-state index contributed by atoms with van der Waals surface area (Å²) in [5, 5.41) is 11.8. The molecule has 0 spiro atoms. The number of hydrogen-bond acceptors (Lipinski definition) is 5. The van der Waals surface area contributed by atoms with Crippen LogP contribution in [0.3, 0.4) is 0 Å². The molecule has 0 aromatic heterocycles. The van der Waals surface area contributed by atoms with Gasteiger partial charge in [-0.1, -0.05) is 0 Å². The summed E-state index contributed by atoms with van der Waals surface area (Å²) in [6.07, 6.45) is 0.583. The van der Waals surface area contributed by atoms with Crippen molar-refractivity contribution >= 4 is 36.1 Å². The number of benzene rings is 1. The number of phenolic OH excluding ortho intramolecular Hbond substituents is 1. The van der Waals surface area contributed by atoms with Gasteiger partial charge >= 0.3 is 131 Å². The first-order chi connectivity index (χ1) is 10.1. The summed E-state index contributed by atoms with van der Waals surface area (Å²) in [6.45, 7) is 5.06. The van der Waals surface area contributed by atoms with Crippen LogP contribution in [0.15, 0.2) is 18.2 Å². The second kappa shape index (κ2) is 7.51. The number of carbonyl (C=O) groups excluding carboxylic acids is 2. The molecule has 122 valence electrons. The van der Waals surface area contributed by atoms with E-state index in [9.17, 15) is 22.5 Å². The third-order valence-electron chi connectivity index (χ3n) is 2.75. The summed E-state index contributed by atoms with van der Waals surface area (Å²) in [5.74, 6) is -1.16. The summed E-state index contributed by atoms with van der Waals surface area (Å²) in [5.41, 5.74) is -0.0471. The zero-order valence-electron chi connectivity index (χ0n) is 12.7. The number of hydrogen-bond donors (Lipinski definition) is 3. The van der Waals surface area contributed by atoms with E-state index in [1.165, 1.54) is 13.0 Å². The number of carbonyl (C=O) groups is 2. The molecule has 0 saturated heterocycles. The van der Waals surface area contributed by atoms with Crippen molar-refractivity contribution in [2.45, 2.75) is 33.6 Å². The van der Waals surface area contributed by atoms with Crippen LogP contribution >= 0.6 is 0 Å². The molecule has 0 saturated carbocycles. The molecule has 3 N–H and O–H groups in total. The molecule has 1 aromatic carbocycles. The van der Waals surface area contributed by atoms with Crippen LogP contribution in [0.2, 0.25) is 0 Å². The number of rotatable bonds is 6. The molecular weight excluding hydrogens is 353 g/mol. The molecule has 0 fully saturated rings. The number of phenols is 1. The number of nitrogens with one attached hydrogen (secondary N) is 1. The number of amides is 1. The molecule has 1 rings (SSSR count). The Kier molecular flexibility index (Phi) is 6.26. The fraction of sp³-hybridized carbons (Fsp3) is 0.429. The summed E-state index contributed by atoms with van der Waals surface area (Å²) in [4.78, 5) is 22.8. The van der Waals surface area contributed by atoms with Gasteiger partial charge in [0.05, 0.1) is 0 Å². The monoisotopic (exact) mass is 373 g/mol. The predicted octanol–water partition coefficient (Wildman–Crippen LogP) is 0.899. The van der Waals surface area contributed by atoms with Crippen LogP contribution in [0.5, 0.6) is 5.75 Å². The first-order valence-electron chi connectivity index (χ1n) is 6.78. The van der Waals surface area contributed by atoms with Crippen LogP contribution in [0, 0.1) is 5.92 Å². The maximum atomic E-state index is 12.3. The molecular formula is C14H20AsNO6. The van der Waals surface area contributed by atoms with E-state index in [1.54, 1.807) is 0 Å². The van der Waals surface area contributed by atoms with Crippen LogP contribution in [0.1, 0.15) is 33.6 Å². The molecule has 0 aliphatic carbocycles. The molecule has 0 heterocycles. The fourth-order valence-electron chi connectivity index (χ4n) is 1.70. The van der Waals surface area contributed by atoms with Crippen molar-refractivity contribution in [1.29, 1.82) is 0 Å². The van der Waals surface area contributed by atoms with Crippen LogP contribution in [0.25, 0.3) is 0 Å². The van der Waals surface area contributed by atoms with Crippen LogP contribution in [-0.4, -0.2) is 35.3 Å². The molecule has 1 amide bonds. The number of aromatic hydroxyl groups is 1. The van der Waals surface area contributed by atoms with Crippen LogP contribution < -0.4 is 9.67 Å². The van der Waals surface area contributed by atoms with E-state index in [2.05, 4.69) is 5.32 Å². The number of anilines is 1. The zero-order valence-corrected chi connectivity index (χ0v) is 14.6. The van der Waals surface area contributed by atoms with Crippen LogP contribution in [-0.2, 0) is 17.1 Å². The second-order valence-corrected chi connectivity index (χ2v) is 8.88. The van der Waals surface area contributed by atoms with Gasteiger partial charge in [0.2, 0.25) is 0 Å². The standard InChI is InChI=1S/C14H20AsNO6/c1-9(2)4-7-14(19)22-15(20,21)12-6-5-11(18)8-13(12)16-10(3)17/h5-6,8-9,18H,4,7H2,1-3H3,(H,16,17)(H,20,21). The van der Waals surface area contributed by atoms with Crippen molar-refractivity contribution in [1.82, 2.24) is 0 Å². The van der Waals surface area contributed by atoms with Gasteiger partial charge < -0.3 is 0 Å².